The molecule has 0 aliphatic heterocycles. The molecular formula is C20H23F3N2O2S. The van der Waals surface area contributed by atoms with Crippen LogP contribution >= 0.6 is 0 Å². The quantitative estimate of drug-likeness (QED) is 0.744. The van der Waals surface area contributed by atoms with Crippen molar-refractivity contribution in [1.82, 2.24) is 0 Å². The highest BCUT2D eigenvalue weighted by Crippen LogP contribution is 2.22. The lowest BCUT2D eigenvalue weighted by Gasteiger charge is -2.08. The first-order chi connectivity index (χ1) is 12.8. The topological polar surface area (TPSA) is 72.5 Å². The monoisotopic (exact) mass is 412 g/mol. The Morgan fingerprint density at radius 3 is 1.75 bits per heavy atom. The number of rotatable bonds is 3. The molecule has 0 aliphatic rings. The molecule has 152 valence electrons. The second-order valence-corrected chi connectivity index (χ2v) is 7.72. The van der Waals surface area contributed by atoms with E-state index in [0.717, 1.165) is 29.8 Å². The Labute approximate surface area is 163 Å². The van der Waals surface area contributed by atoms with Crippen molar-refractivity contribution in [3.05, 3.63) is 71.3 Å². The molecule has 0 atom stereocenters. The molecule has 28 heavy (non-hydrogen) atoms. The van der Waals surface area contributed by atoms with Crippen molar-refractivity contribution in [2.75, 3.05) is 7.05 Å². The summed E-state index contributed by atoms with van der Waals surface area (Å²) in [5, 5.41) is 4.88. The van der Waals surface area contributed by atoms with Crippen LogP contribution in [0.4, 0.5) is 13.2 Å². The number of aryl methyl sites for hydroxylation is 2. The van der Waals surface area contributed by atoms with Crippen molar-refractivity contribution in [2.45, 2.75) is 31.8 Å². The van der Waals surface area contributed by atoms with Gasteiger partial charge in [-0.15, -0.1) is 0 Å². The Hall–Kier alpha value is -2.45. The maximum atomic E-state index is 12.5. The van der Waals surface area contributed by atoms with Crippen molar-refractivity contribution in [3.8, 4) is 0 Å². The summed E-state index contributed by atoms with van der Waals surface area (Å²) in [6, 6.07) is 13.7. The van der Waals surface area contributed by atoms with Gasteiger partial charge in [-0.3, -0.25) is 4.99 Å². The van der Waals surface area contributed by atoms with Crippen LogP contribution in [0.15, 0.2) is 64.5 Å². The number of hydrogen-bond acceptors (Lipinski definition) is 3. The molecule has 8 heteroatoms. The van der Waals surface area contributed by atoms with Crippen LogP contribution in [-0.2, 0) is 10.0 Å². The Morgan fingerprint density at radius 1 is 0.964 bits per heavy atom. The molecule has 0 unspecified atom stereocenters. The predicted molar refractivity (Wildman–Crippen MR) is 107 cm³/mol. The first-order valence-electron chi connectivity index (χ1n) is 8.23. The standard InChI is InChI=1S/C13H14F3N.C7H9NO2S/c1-9-4-6-11(7-5-9)10(2)8-12(17-3)13(14,15)16;1-6-2-4-7(5-3-6)11(8,9)10/h4-8H,1-3H3;2-5H,1H3,(H2,8,9,10)/b10-8+,17-12?;. The van der Waals surface area contributed by atoms with Gasteiger partial charge in [-0.25, -0.2) is 13.6 Å². The fourth-order valence-electron chi connectivity index (χ4n) is 2.11. The van der Waals surface area contributed by atoms with E-state index in [1.165, 1.54) is 12.1 Å². The zero-order valence-electron chi connectivity index (χ0n) is 16.1. The number of aliphatic imine (C=N–C) groups is 1. The SMILES string of the molecule is CN=C(/C=C(\C)c1ccc(C)cc1)C(F)(F)F.Cc1ccc(S(N)(=O)=O)cc1. The molecule has 0 spiro atoms. The summed E-state index contributed by atoms with van der Waals surface area (Å²) in [6.07, 6.45) is -3.34. The molecule has 2 rings (SSSR count). The smallest absolute Gasteiger partial charge is 0.284 e. The van der Waals surface area contributed by atoms with Crippen molar-refractivity contribution >= 4 is 21.3 Å². The number of allylic oxidation sites excluding steroid dienone is 2. The molecule has 0 radical (unpaired) electrons. The number of primary sulfonamides is 1. The maximum absolute atomic E-state index is 12.5. The van der Waals surface area contributed by atoms with E-state index in [4.69, 9.17) is 5.14 Å². The Balaban J connectivity index is 0.000000307. The van der Waals surface area contributed by atoms with E-state index in [2.05, 4.69) is 4.99 Å². The van der Waals surface area contributed by atoms with Crippen molar-refractivity contribution in [1.29, 1.82) is 0 Å². The van der Waals surface area contributed by atoms with Crippen LogP contribution in [0.2, 0.25) is 0 Å². The Morgan fingerprint density at radius 2 is 1.39 bits per heavy atom. The van der Waals surface area contributed by atoms with Gasteiger partial charge in [0.1, 0.15) is 5.71 Å². The van der Waals surface area contributed by atoms with Crippen LogP contribution in [0.1, 0.15) is 23.6 Å². The van der Waals surface area contributed by atoms with E-state index in [-0.39, 0.29) is 4.90 Å². The zero-order valence-corrected chi connectivity index (χ0v) is 16.9. The van der Waals surface area contributed by atoms with Gasteiger partial charge in [-0.2, -0.15) is 13.2 Å². The van der Waals surface area contributed by atoms with E-state index in [1.807, 2.05) is 26.0 Å². The second-order valence-electron chi connectivity index (χ2n) is 6.16. The van der Waals surface area contributed by atoms with E-state index in [0.29, 0.717) is 5.57 Å². The average molecular weight is 412 g/mol. The molecule has 0 saturated heterocycles. The minimum absolute atomic E-state index is 0.156. The summed E-state index contributed by atoms with van der Waals surface area (Å²) in [6.45, 7) is 5.45. The first kappa shape index (κ1) is 23.6. The molecule has 4 nitrogen and oxygen atoms in total. The molecule has 0 heterocycles. The number of sulfonamides is 1. The van der Waals surface area contributed by atoms with E-state index >= 15 is 0 Å². The van der Waals surface area contributed by atoms with Crippen molar-refractivity contribution < 1.29 is 21.6 Å². The molecule has 2 N–H and O–H groups in total. The first-order valence-corrected chi connectivity index (χ1v) is 9.78. The minimum atomic E-state index is -4.40. The van der Waals surface area contributed by atoms with Gasteiger partial charge < -0.3 is 0 Å². The molecule has 2 aromatic rings. The maximum Gasteiger partial charge on any atom is 0.432 e. The lowest BCUT2D eigenvalue weighted by Crippen LogP contribution is -2.20. The van der Waals surface area contributed by atoms with Crippen LogP contribution in [-0.4, -0.2) is 27.4 Å². The number of alkyl halides is 3. The lowest BCUT2D eigenvalue weighted by molar-refractivity contribution is -0.0577. The van der Waals surface area contributed by atoms with Gasteiger partial charge in [-0.1, -0.05) is 47.5 Å². The number of halogens is 3. The molecular weight excluding hydrogens is 389 g/mol. The lowest BCUT2D eigenvalue weighted by atomic mass is 10.0. The summed E-state index contributed by atoms with van der Waals surface area (Å²) in [7, 11) is -2.38. The number of nitrogens with zero attached hydrogens (tertiary/aromatic N) is 1. The summed E-state index contributed by atoms with van der Waals surface area (Å²) in [4.78, 5) is 3.41. The van der Waals surface area contributed by atoms with Crippen LogP contribution < -0.4 is 5.14 Å². The van der Waals surface area contributed by atoms with Crippen molar-refractivity contribution in [3.63, 3.8) is 0 Å². The highest BCUT2D eigenvalue weighted by atomic mass is 32.2. The fraction of sp³-hybridized carbons (Fsp3) is 0.250. The Bertz CT molecular complexity index is 944. The summed E-state index contributed by atoms with van der Waals surface area (Å²) in [5.41, 5.74) is 2.53. The summed E-state index contributed by atoms with van der Waals surface area (Å²) < 4.78 is 58.9. The third-order valence-electron chi connectivity index (χ3n) is 3.74. The number of nitrogens with two attached hydrogens (primary N) is 1. The molecule has 0 amide bonds. The number of hydrogen-bond donors (Lipinski definition) is 1. The van der Waals surface area contributed by atoms with Crippen LogP contribution in [0.25, 0.3) is 5.57 Å². The van der Waals surface area contributed by atoms with Crippen LogP contribution in [0.3, 0.4) is 0 Å². The zero-order chi connectivity index (χ0) is 21.5. The van der Waals surface area contributed by atoms with Gasteiger partial charge in [0.2, 0.25) is 10.0 Å². The van der Waals surface area contributed by atoms with E-state index in [1.54, 1.807) is 31.2 Å². The highest BCUT2D eigenvalue weighted by Gasteiger charge is 2.33. The second kappa shape index (κ2) is 9.66. The summed E-state index contributed by atoms with van der Waals surface area (Å²) in [5.74, 6) is 0. The van der Waals surface area contributed by atoms with Gasteiger partial charge in [0.15, 0.2) is 0 Å². The molecule has 0 aliphatic carbocycles. The van der Waals surface area contributed by atoms with E-state index in [9.17, 15) is 21.6 Å². The van der Waals surface area contributed by atoms with Crippen molar-refractivity contribution in [2.24, 2.45) is 10.1 Å². The van der Waals surface area contributed by atoms with Crippen LogP contribution in [0.5, 0.6) is 0 Å². The largest absolute Gasteiger partial charge is 0.432 e. The third kappa shape index (κ3) is 7.66. The van der Waals surface area contributed by atoms with Gasteiger partial charge in [0, 0.05) is 7.05 Å². The van der Waals surface area contributed by atoms with Gasteiger partial charge in [0.25, 0.3) is 0 Å². The van der Waals surface area contributed by atoms with Gasteiger partial charge in [-0.05, 0) is 50.1 Å². The molecule has 2 aromatic carbocycles. The molecule has 0 fully saturated rings. The van der Waals surface area contributed by atoms with Gasteiger partial charge in [0.05, 0.1) is 4.90 Å². The molecule has 0 bridgehead atoms. The van der Waals surface area contributed by atoms with E-state index < -0.39 is 21.9 Å². The minimum Gasteiger partial charge on any atom is -0.284 e. The van der Waals surface area contributed by atoms with Gasteiger partial charge >= 0.3 is 6.18 Å². The highest BCUT2D eigenvalue weighted by molar-refractivity contribution is 7.89. The fourth-order valence-corrected chi connectivity index (χ4v) is 2.62. The molecule has 0 saturated carbocycles. The predicted octanol–water partition coefficient (Wildman–Crippen LogP) is 4.67. The average Bonchev–Trinajstić information content (AvgIpc) is 2.59. The number of benzene rings is 2. The third-order valence-corrected chi connectivity index (χ3v) is 4.67. The van der Waals surface area contributed by atoms with Crippen LogP contribution in [0, 0.1) is 13.8 Å². The summed E-state index contributed by atoms with van der Waals surface area (Å²) >= 11 is 0. The normalized spacial score (nSPS) is 13.0. The Kier molecular flexibility index (Phi) is 8.14. The molecule has 0 aromatic heterocycles.